The van der Waals surface area contributed by atoms with Crippen molar-refractivity contribution in [2.45, 2.75) is 6.92 Å². The van der Waals surface area contributed by atoms with Gasteiger partial charge in [-0.1, -0.05) is 5.16 Å². The Kier molecular flexibility index (Phi) is 6.00. The lowest BCUT2D eigenvalue weighted by Gasteiger charge is -2.34. The Morgan fingerprint density at radius 3 is 2.65 bits per heavy atom. The van der Waals surface area contributed by atoms with E-state index in [-0.39, 0.29) is 11.8 Å². The summed E-state index contributed by atoms with van der Waals surface area (Å²) in [6.07, 6.45) is 3.17. The quantitative estimate of drug-likeness (QED) is 0.782. The van der Waals surface area contributed by atoms with E-state index in [1.165, 1.54) is 6.20 Å². The maximum Gasteiger partial charge on any atom is 0.276 e. The second kappa shape index (κ2) is 8.41. The molecule has 9 heteroatoms. The van der Waals surface area contributed by atoms with Crippen molar-refractivity contribution in [3.63, 3.8) is 0 Å². The van der Waals surface area contributed by atoms with E-state index in [0.29, 0.717) is 36.7 Å². The normalized spacial score (nSPS) is 15.1. The van der Waals surface area contributed by atoms with Gasteiger partial charge in [0.15, 0.2) is 5.69 Å². The minimum Gasteiger partial charge on any atom is -0.361 e. The van der Waals surface area contributed by atoms with Gasteiger partial charge in [0, 0.05) is 62.2 Å². The van der Waals surface area contributed by atoms with Crippen molar-refractivity contribution in [3.8, 4) is 0 Å². The molecule has 1 N–H and O–H groups in total. The van der Waals surface area contributed by atoms with Crippen molar-refractivity contribution in [2.24, 2.45) is 0 Å². The van der Waals surface area contributed by atoms with Gasteiger partial charge in [0.25, 0.3) is 11.8 Å². The lowest BCUT2D eigenvalue weighted by atomic mass is 10.2. The lowest BCUT2D eigenvalue weighted by Crippen LogP contribution is -2.50. The molecule has 2 aromatic rings. The highest BCUT2D eigenvalue weighted by molar-refractivity contribution is 9.10. The molecule has 0 unspecified atom stereocenters. The van der Waals surface area contributed by atoms with Gasteiger partial charge in [0.05, 0.1) is 5.56 Å². The monoisotopic (exact) mass is 421 g/mol. The van der Waals surface area contributed by atoms with E-state index in [1.807, 2.05) is 0 Å². The summed E-state index contributed by atoms with van der Waals surface area (Å²) in [6.45, 7) is 5.83. The fourth-order valence-corrected chi connectivity index (χ4v) is 3.13. The van der Waals surface area contributed by atoms with Crippen LogP contribution in [0.3, 0.4) is 0 Å². The number of hydrogen-bond acceptors (Lipinski definition) is 6. The number of piperazine rings is 1. The first-order valence-electron chi connectivity index (χ1n) is 8.36. The van der Waals surface area contributed by atoms with Gasteiger partial charge in [-0.25, -0.2) is 0 Å². The van der Waals surface area contributed by atoms with Crippen molar-refractivity contribution in [1.82, 2.24) is 25.3 Å². The topological polar surface area (TPSA) is 91.6 Å². The fourth-order valence-electron chi connectivity index (χ4n) is 2.77. The van der Waals surface area contributed by atoms with Gasteiger partial charge < -0.3 is 14.7 Å². The highest BCUT2D eigenvalue weighted by Crippen LogP contribution is 2.10. The molecule has 0 aromatic carbocycles. The van der Waals surface area contributed by atoms with Crippen molar-refractivity contribution in [2.75, 3.05) is 39.3 Å². The molecule has 3 heterocycles. The van der Waals surface area contributed by atoms with Crippen molar-refractivity contribution in [1.29, 1.82) is 0 Å². The van der Waals surface area contributed by atoms with Gasteiger partial charge in [-0.3, -0.25) is 19.5 Å². The molecule has 1 aliphatic heterocycles. The highest BCUT2D eigenvalue weighted by atomic mass is 79.9. The number of pyridine rings is 1. The summed E-state index contributed by atoms with van der Waals surface area (Å²) in [5.74, 6) is 0.384. The Bertz CT molecular complexity index is 786. The number of aromatic nitrogens is 2. The van der Waals surface area contributed by atoms with Crippen LogP contribution in [0.2, 0.25) is 0 Å². The zero-order chi connectivity index (χ0) is 18.5. The van der Waals surface area contributed by atoms with Gasteiger partial charge in [-0.15, -0.1) is 0 Å². The van der Waals surface area contributed by atoms with Gasteiger partial charge >= 0.3 is 0 Å². The molecule has 2 aromatic heterocycles. The van der Waals surface area contributed by atoms with Crippen LogP contribution < -0.4 is 5.32 Å². The minimum atomic E-state index is -0.144. The third-order valence-electron chi connectivity index (χ3n) is 4.19. The minimum absolute atomic E-state index is 0.100. The molecule has 138 valence electrons. The molecule has 0 spiro atoms. The first-order chi connectivity index (χ1) is 12.5. The summed E-state index contributed by atoms with van der Waals surface area (Å²) in [4.78, 5) is 32.4. The predicted molar refractivity (Wildman–Crippen MR) is 97.9 cm³/mol. The number of nitrogens with one attached hydrogen (secondary N) is 1. The third kappa shape index (κ3) is 4.67. The fraction of sp³-hybridized carbons (Fsp3) is 0.412. The van der Waals surface area contributed by atoms with E-state index in [0.717, 1.165) is 24.1 Å². The first kappa shape index (κ1) is 18.5. The maximum atomic E-state index is 12.3. The lowest BCUT2D eigenvalue weighted by molar-refractivity contribution is 0.0628. The number of hydrogen-bond donors (Lipinski definition) is 1. The standard InChI is InChI=1S/C17H20BrN5O3/c1-12-8-15(21-26-12)17(25)23-6-4-22(5-7-23)3-2-20-16(24)13-9-14(18)11-19-10-13/h8-11H,2-7H2,1H3,(H,20,24). The molecule has 3 rings (SSSR count). The second-order valence-corrected chi connectivity index (χ2v) is 7.02. The molecule has 8 nitrogen and oxygen atoms in total. The summed E-state index contributed by atoms with van der Waals surface area (Å²) in [5, 5.41) is 6.67. The molecule has 26 heavy (non-hydrogen) atoms. The van der Waals surface area contributed by atoms with Crippen LogP contribution in [0.1, 0.15) is 26.6 Å². The Hall–Kier alpha value is -2.26. The van der Waals surface area contributed by atoms with E-state index in [1.54, 1.807) is 30.2 Å². The Balaban J connectivity index is 1.40. The Morgan fingerprint density at radius 1 is 1.23 bits per heavy atom. The second-order valence-electron chi connectivity index (χ2n) is 6.10. The number of halogens is 1. The smallest absolute Gasteiger partial charge is 0.276 e. The number of rotatable bonds is 5. The number of carbonyl (C=O) groups is 2. The molecule has 1 saturated heterocycles. The van der Waals surface area contributed by atoms with Crippen LogP contribution in [0.5, 0.6) is 0 Å². The van der Waals surface area contributed by atoms with Crippen LogP contribution in [-0.2, 0) is 0 Å². The molecule has 0 bridgehead atoms. The molecule has 0 aliphatic carbocycles. The van der Waals surface area contributed by atoms with E-state index in [9.17, 15) is 9.59 Å². The Labute approximate surface area is 159 Å². The van der Waals surface area contributed by atoms with Crippen molar-refractivity contribution < 1.29 is 14.1 Å². The summed E-state index contributed by atoms with van der Waals surface area (Å²) in [6, 6.07) is 3.39. The van der Waals surface area contributed by atoms with Gasteiger partial charge in [0.1, 0.15) is 5.76 Å². The molecule has 0 radical (unpaired) electrons. The van der Waals surface area contributed by atoms with E-state index in [2.05, 4.69) is 36.3 Å². The molecular weight excluding hydrogens is 402 g/mol. The third-order valence-corrected chi connectivity index (χ3v) is 4.62. The molecule has 1 aliphatic rings. The predicted octanol–water partition coefficient (Wildman–Crippen LogP) is 1.33. The number of nitrogens with zero attached hydrogens (tertiary/aromatic N) is 4. The van der Waals surface area contributed by atoms with Crippen molar-refractivity contribution >= 4 is 27.7 Å². The summed E-state index contributed by atoms with van der Waals surface area (Å²) >= 11 is 3.30. The van der Waals surface area contributed by atoms with E-state index >= 15 is 0 Å². The summed E-state index contributed by atoms with van der Waals surface area (Å²) in [5.41, 5.74) is 0.878. The van der Waals surface area contributed by atoms with Gasteiger partial charge in [-0.05, 0) is 28.9 Å². The zero-order valence-electron chi connectivity index (χ0n) is 14.4. The number of aryl methyl sites for hydroxylation is 1. The van der Waals surface area contributed by atoms with Crippen LogP contribution >= 0.6 is 15.9 Å². The molecule has 0 atom stereocenters. The number of carbonyl (C=O) groups excluding carboxylic acids is 2. The first-order valence-corrected chi connectivity index (χ1v) is 9.16. The Morgan fingerprint density at radius 2 is 2.00 bits per heavy atom. The average molecular weight is 422 g/mol. The highest BCUT2D eigenvalue weighted by Gasteiger charge is 2.24. The van der Waals surface area contributed by atoms with Crippen LogP contribution in [0, 0.1) is 6.92 Å². The van der Waals surface area contributed by atoms with Crippen LogP contribution in [0.25, 0.3) is 0 Å². The summed E-state index contributed by atoms with van der Waals surface area (Å²) < 4.78 is 5.73. The molecule has 2 amide bonds. The van der Waals surface area contributed by atoms with Gasteiger partial charge in [-0.2, -0.15) is 0 Å². The summed E-state index contributed by atoms with van der Waals surface area (Å²) in [7, 11) is 0. The van der Waals surface area contributed by atoms with Crippen LogP contribution in [0.15, 0.2) is 33.5 Å². The SMILES string of the molecule is Cc1cc(C(=O)N2CCN(CCNC(=O)c3cncc(Br)c3)CC2)no1. The van der Waals surface area contributed by atoms with Crippen LogP contribution in [0.4, 0.5) is 0 Å². The van der Waals surface area contributed by atoms with Crippen molar-refractivity contribution in [3.05, 3.63) is 46.0 Å². The van der Waals surface area contributed by atoms with Crippen LogP contribution in [-0.4, -0.2) is 71.0 Å². The van der Waals surface area contributed by atoms with E-state index in [4.69, 9.17) is 4.52 Å². The largest absolute Gasteiger partial charge is 0.361 e. The molecule has 1 fully saturated rings. The van der Waals surface area contributed by atoms with Gasteiger partial charge in [0.2, 0.25) is 0 Å². The maximum absolute atomic E-state index is 12.3. The average Bonchev–Trinajstić information content (AvgIpc) is 3.08. The van der Waals surface area contributed by atoms with E-state index < -0.39 is 0 Å². The number of amides is 2. The molecule has 0 saturated carbocycles. The zero-order valence-corrected chi connectivity index (χ0v) is 16.0. The molecular formula is C17H20BrN5O3.